The first-order chi connectivity index (χ1) is 26.8. The third-order valence-electron chi connectivity index (χ3n) is 11.0. The largest absolute Gasteiger partial charge is 0.454 e. The van der Waals surface area contributed by atoms with Gasteiger partial charge in [0.2, 0.25) is 0 Å². The third kappa shape index (κ3) is 4.12. The Hall–Kier alpha value is -7.37. The maximum atomic E-state index is 6.93. The van der Waals surface area contributed by atoms with Gasteiger partial charge in [-0.3, -0.25) is 0 Å². The monoisotopic (exact) mass is 688 g/mol. The molecule has 9 aromatic carbocycles. The molecule has 250 valence electrons. The fourth-order valence-corrected chi connectivity index (χ4v) is 8.62. The number of hydrogen-bond donors (Lipinski definition) is 0. The van der Waals surface area contributed by atoms with Crippen molar-refractivity contribution in [3.63, 3.8) is 0 Å². The van der Waals surface area contributed by atoms with Gasteiger partial charge in [-0.05, 0) is 57.3 Å². The van der Waals surface area contributed by atoms with E-state index in [4.69, 9.17) is 19.4 Å². The van der Waals surface area contributed by atoms with Crippen LogP contribution in [0.1, 0.15) is 0 Å². The lowest BCUT2D eigenvalue weighted by Gasteiger charge is -2.11. The van der Waals surface area contributed by atoms with Crippen molar-refractivity contribution in [3.05, 3.63) is 170 Å². The second-order valence-electron chi connectivity index (χ2n) is 14.0. The van der Waals surface area contributed by atoms with Gasteiger partial charge in [0.05, 0.1) is 16.7 Å². The van der Waals surface area contributed by atoms with Crippen molar-refractivity contribution in [1.29, 1.82) is 0 Å². The minimum absolute atomic E-state index is 0.595. The van der Waals surface area contributed by atoms with Gasteiger partial charge in [0.25, 0.3) is 0 Å². The number of fused-ring (bicyclic) bond motifs is 8. The molecule has 0 N–H and O–H groups in total. The molecule has 5 heteroatoms. The van der Waals surface area contributed by atoms with Gasteiger partial charge in [-0.25, -0.2) is 15.0 Å². The summed E-state index contributed by atoms with van der Waals surface area (Å²) < 4.78 is 9.34. The van der Waals surface area contributed by atoms with Crippen LogP contribution in [0, 0.1) is 0 Å². The summed E-state index contributed by atoms with van der Waals surface area (Å²) in [4.78, 5) is 14.9. The molecule has 0 unspecified atom stereocenters. The molecule has 0 saturated carbocycles. The maximum Gasteiger partial charge on any atom is 0.164 e. The molecule has 5 nitrogen and oxygen atoms in total. The zero-order valence-electron chi connectivity index (χ0n) is 28.9. The highest BCUT2D eigenvalue weighted by Crippen LogP contribution is 2.47. The Kier molecular flexibility index (Phi) is 5.99. The standard InChI is InChI=1S/C49H28N4O/c1-3-13-29(14-4-1)47-50-48(30-15-5-2-6-16-30)52-49(51-47)32-25-26-35-38-22-12-24-40(46(38)54-42(35)28-32)53-39-23-11-21-37-34-19-9-10-20-36(34)43-33-18-8-7-17-31(33)27-41(53)45(43)44(37)39/h1-28H. The van der Waals surface area contributed by atoms with Crippen LogP contribution in [0.25, 0.3) is 116 Å². The SMILES string of the molecule is c1ccc(-c2nc(-c3ccccc3)nc(-c3ccc4c(c3)oc3c(-n5c6cccc7c8ccccc8c8c9ccccc9cc5c8c76)cccc34)n2)cc1. The highest BCUT2D eigenvalue weighted by molar-refractivity contribution is 6.39. The molecule has 0 atom stereocenters. The lowest BCUT2D eigenvalue weighted by molar-refractivity contribution is 0.666. The van der Waals surface area contributed by atoms with E-state index >= 15 is 0 Å². The molecule has 12 aromatic rings. The van der Waals surface area contributed by atoms with Crippen molar-refractivity contribution in [3.8, 4) is 39.9 Å². The van der Waals surface area contributed by atoms with Crippen LogP contribution >= 0.6 is 0 Å². The van der Waals surface area contributed by atoms with E-state index in [1.807, 2.05) is 60.7 Å². The molecule has 54 heavy (non-hydrogen) atoms. The van der Waals surface area contributed by atoms with E-state index in [0.29, 0.717) is 17.5 Å². The van der Waals surface area contributed by atoms with E-state index in [-0.39, 0.29) is 0 Å². The molecule has 0 aliphatic rings. The van der Waals surface area contributed by atoms with Crippen LogP contribution in [-0.2, 0) is 0 Å². The fourth-order valence-electron chi connectivity index (χ4n) is 8.62. The summed E-state index contributed by atoms with van der Waals surface area (Å²) in [6.45, 7) is 0. The van der Waals surface area contributed by atoms with Crippen molar-refractivity contribution in [1.82, 2.24) is 19.5 Å². The summed E-state index contributed by atoms with van der Waals surface area (Å²) in [6.07, 6.45) is 0. The molecular formula is C49H28N4O. The van der Waals surface area contributed by atoms with Crippen LogP contribution in [-0.4, -0.2) is 19.5 Å². The highest BCUT2D eigenvalue weighted by atomic mass is 16.3. The maximum absolute atomic E-state index is 6.93. The Balaban J connectivity index is 1.11. The van der Waals surface area contributed by atoms with Gasteiger partial charge in [0, 0.05) is 43.6 Å². The number of aromatic nitrogens is 4. The minimum atomic E-state index is 0.595. The van der Waals surface area contributed by atoms with Crippen molar-refractivity contribution < 1.29 is 4.42 Å². The van der Waals surface area contributed by atoms with Crippen LogP contribution in [0.2, 0.25) is 0 Å². The predicted octanol–water partition coefficient (Wildman–Crippen LogP) is 12.8. The number of hydrogen-bond acceptors (Lipinski definition) is 4. The van der Waals surface area contributed by atoms with Gasteiger partial charge in [0.15, 0.2) is 23.1 Å². The van der Waals surface area contributed by atoms with E-state index in [2.05, 4.69) is 114 Å². The second kappa shape index (κ2) is 11.1. The van der Waals surface area contributed by atoms with E-state index in [9.17, 15) is 0 Å². The molecule has 0 spiro atoms. The number of nitrogens with zero attached hydrogens (tertiary/aromatic N) is 4. The second-order valence-corrected chi connectivity index (χ2v) is 14.0. The quantitative estimate of drug-likeness (QED) is 0.173. The molecule has 0 aliphatic carbocycles. The smallest absolute Gasteiger partial charge is 0.164 e. The average Bonchev–Trinajstić information content (AvgIpc) is 3.79. The predicted molar refractivity (Wildman–Crippen MR) is 221 cm³/mol. The van der Waals surface area contributed by atoms with Crippen LogP contribution < -0.4 is 0 Å². The van der Waals surface area contributed by atoms with Crippen LogP contribution in [0.3, 0.4) is 0 Å². The van der Waals surface area contributed by atoms with E-state index in [1.54, 1.807) is 0 Å². The van der Waals surface area contributed by atoms with Crippen molar-refractivity contribution in [2.75, 3.05) is 0 Å². The van der Waals surface area contributed by atoms with Crippen LogP contribution in [0.15, 0.2) is 174 Å². The van der Waals surface area contributed by atoms with E-state index < -0.39 is 0 Å². The molecular weight excluding hydrogens is 661 g/mol. The lowest BCUT2D eigenvalue weighted by Crippen LogP contribution is -2.00. The normalized spacial score (nSPS) is 12.1. The molecule has 0 radical (unpaired) electrons. The van der Waals surface area contributed by atoms with Gasteiger partial charge in [-0.15, -0.1) is 0 Å². The van der Waals surface area contributed by atoms with Crippen molar-refractivity contribution in [2.24, 2.45) is 0 Å². The fraction of sp³-hybridized carbons (Fsp3) is 0. The lowest BCUT2D eigenvalue weighted by atomic mass is 9.91. The number of rotatable bonds is 4. The van der Waals surface area contributed by atoms with Crippen molar-refractivity contribution >= 4 is 76.1 Å². The number of furan rings is 1. The Bertz CT molecular complexity index is 3370. The van der Waals surface area contributed by atoms with Gasteiger partial charge in [0.1, 0.15) is 5.58 Å². The minimum Gasteiger partial charge on any atom is -0.454 e. The molecule has 0 amide bonds. The van der Waals surface area contributed by atoms with Gasteiger partial charge >= 0.3 is 0 Å². The first-order valence-electron chi connectivity index (χ1n) is 18.2. The molecule has 0 fully saturated rings. The van der Waals surface area contributed by atoms with E-state index in [0.717, 1.165) is 49.8 Å². The summed E-state index contributed by atoms with van der Waals surface area (Å²) >= 11 is 0. The first kappa shape index (κ1) is 29.2. The van der Waals surface area contributed by atoms with Crippen molar-refractivity contribution in [2.45, 2.75) is 0 Å². The topological polar surface area (TPSA) is 56.7 Å². The molecule has 12 rings (SSSR count). The number of benzene rings is 9. The van der Waals surface area contributed by atoms with Crippen LogP contribution in [0.4, 0.5) is 0 Å². The average molecular weight is 689 g/mol. The molecule has 0 aliphatic heterocycles. The van der Waals surface area contributed by atoms with Crippen LogP contribution in [0.5, 0.6) is 0 Å². The van der Waals surface area contributed by atoms with Gasteiger partial charge in [-0.2, -0.15) is 0 Å². The molecule has 0 bridgehead atoms. The summed E-state index contributed by atoms with van der Waals surface area (Å²) in [6, 6.07) is 59.5. The Morgan fingerprint density at radius 3 is 1.72 bits per heavy atom. The van der Waals surface area contributed by atoms with Gasteiger partial charge < -0.3 is 8.98 Å². The van der Waals surface area contributed by atoms with E-state index in [1.165, 1.54) is 48.6 Å². The summed E-state index contributed by atoms with van der Waals surface area (Å²) in [5.41, 5.74) is 7.69. The zero-order valence-corrected chi connectivity index (χ0v) is 28.9. The Morgan fingerprint density at radius 2 is 0.963 bits per heavy atom. The molecule has 0 saturated heterocycles. The Morgan fingerprint density at radius 1 is 0.370 bits per heavy atom. The third-order valence-corrected chi connectivity index (χ3v) is 11.0. The number of para-hydroxylation sites is 1. The molecule has 3 aromatic heterocycles. The highest BCUT2D eigenvalue weighted by Gasteiger charge is 2.24. The Labute approximate surface area is 308 Å². The zero-order chi connectivity index (χ0) is 35.3. The first-order valence-corrected chi connectivity index (χ1v) is 18.2. The van der Waals surface area contributed by atoms with Gasteiger partial charge in [-0.1, -0.05) is 140 Å². The summed E-state index contributed by atoms with van der Waals surface area (Å²) in [7, 11) is 0. The summed E-state index contributed by atoms with van der Waals surface area (Å²) in [5.74, 6) is 1.85. The molecule has 3 heterocycles. The summed E-state index contributed by atoms with van der Waals surface area (Å²) in [5, 5.41) is 12.2.